The summed E-state index contributed by atoms with van der Waals surface area (Å²) in [6.07, 6.45) is -6.35. The Morgan fingerprint density at radius 2 is 1.71 bits per heavy atom. The molecule has 0 aliphatic rings. The molecule has 0 atom stereocenters. The molecule has 0 bridgehead atoms. The minimum atomic E-state index is -5.26. The number of benzene rings is 1. The molecule has 8 heteroatoms. The predicted octanol–water partition coefficient (Wildman–Crippen LogP) is 3.92. The smallest absolute Gasteiger partial charge is 0.444 e. The van der Waals surface area contributed by atoms with Gasteiger partial charge in [0.2, 0.25) is 0 Å². The Kier molecular flexibility index (Phi) is 4.60. The lowest BCUT2D eigenvalue weighted by atomic mass is 10.1. The molecule has 21 heavy (non-hydrogen) atoms. The van der Waals surface area contributed by atoms with Gasteiger partial charge in [-0.15, -0.1) is 0 Å². The van der Waals surface area contributed by atoms with Crippen molar-refractivity contribution in [3.63, 3.8) is 0 Å². The maximum absolute atomic E-state index is 13.5. The van der Waals surface area contributed by atoms with Crippen LogP contribution in [0.5, 0.6) is 0 Å². The van der Waals surface area contributed by atoms with E-state index in [-0.39, 0.29) is 0 Å². The monoisotopic (exact) mass is 307 g/mol. The van der Waals surface area contributed by atoms with Gasteiger partial charge in [-0.1, -0.05) is 6.07 Å². The zero-order valence-corrected chi connectivity index (χ0v) is 11.5. The van der Waals surface area contributed by atoms with Crippen LogP contribution in [0.1, 0.15) is 31.1 Å². The van der Waals surface area contributed by atoms with Gasteiger partial charge >= 0.3 is 12.3 Å². The number of carbonyl (C=O) groups is 2. The molecule has 0 fully saturated rings. The molecule has 0 radical (unpaired) electrons. The molecule has 0 aliphatic carbocycles. The van der Waals surface area contributed by atoms with Gasteiger partial charge in [0.15, 0.2) is 0 Å². The average molecular weight is 307 g/mol. The number of amides is 1. The molecule has 1 amide bonds. The number of halogens is 4. The number of ether oxygens (including phenoxy) is 1. The number of alkyl halides is 3. The van der Waals surface area contributed by atoms with Crippen molar-refractivity contribution in [2.75, 3.05) is 5.32 Å². The predicted molar refractivity (Wildman–Crippen MR) is 66.6 cm³/mol. The van der Waals surface area contributed by atoms with Gasteiger partial charge in [0, 0.05) is 0 Å². The molecule has 0 heterocycles. The summed E-state index contributed by atoms with van der Waals surface area (Å²) in [6, 6.07) is 2.74. The second-order valence-electron chi connectivity index (χ2n) is 5.12. The third-order valence-corrected chi connectivity index (χ3v) is 2.13. The van der Waals surface area contributed by atoms with Crippen molar-refractivity contribution in [1.82, 2.24) is 0 Å². The quantitative estimate of drug-likeness (QED) is 0.665. The Balaban J connectivity index is 3.12. The normalized spacial score (nSPS) is 12.0. The zero-order valence-electron chi connectivity index (χ0n) is 11.5. The first-order chi connectivity index (χ1) is 9.42. The fraction of sp³-hybridized carbons (Fsp3) is 0.385. The van der Waals surface area contributed by atoms with Crippen molar-refractivity contribution < 1.29 is 31.9 Å². The molecule has 0 aromatic heterocycles. The van der Waals surface area contributed by atoms with Crippen molar-refractivity contribution in [2.24, 2.45) is 0 Å². The Hall–Kier alpha value is -2.12. The molecule has 1 rings (SSSR count). The van der Waals surface area contributed by atoms with Crippen LogP contribution in [0, 0.1) is 5.82 Å². The Labute approximate surface area is 118 Å². The highest BCUT2D eigenvalue weighted by atomic mass is 19.4. The minimum absolute atomic E-state index is 0.605. The van der Waals surface area contributed by atoms with Gasteiger partial charge in [-0.05, 0) is 32.9 Å². The van der Waals surface area contributed by atoms with Crippen LogP contribution in [0.4, 0.5) is 28.0 Å². The molecular weight excluding hydrogens is 294 g/mol. The third-order valence-electron chi connectivity index (χ3n) is 2.13. The standard InChI is InChI=1S/C13H13F4NO3/c1-12(2,3)21-11(20)18-8-6-4-5-7(14)9(8)10(19)13(15,16)17/h4-6H,1-3H3,(H,18,20). The molecule has 116 valence electrons. The van der Waals surface area contributed by atoms with E-state index in [0.29, 0.717) is 6.07 Å². The van der Waals surface area contributed by atoms with Crippen molar-refractivity contribution in [3.8, 4) is 0 Å². The van der Waals surface area contributed by atoms with E-state index in [1.54, 1.807) is 20.8 Å². The molecular formula is C13H13F4NO3. The number of ketones is 1. The Morgan fingerprint density at radius 3 is 2.19 bits per heavy atom. The van der Waals surface area contributed by atoms with E-state index in [4.69, 9.17) is 4.74 Å². The summed E-state index contributed by atoms with van der Waals surface area (Å²) in [5.41, 5.74) is -2.76. The van der Waals surface area contributed by atoms with E-state index in [1.807, 2.05) is 5.32 Å². The number of carbonyl (C=O) groups excluding carboxylic acids is 2. The molecule has 1 aromatic rings. The lowest BCUT2D eigenvalue weighted by molar-refractivity contribution is -0.0887. The summed E-state index contributed by atoms with van der Waals surface area (Å²) in [4.78, 5) is 22.7. The zero-order chi connectivity index (χ0) is 16.4. The summed E-state index contributed by atoms with van der Waals surface area (Å²) < 4.78 is 55.7. The Morgan fingerprint density at radius 1 is 1.14 bits per heavy atom. The maximum atomic E-state index is 13.5. The second-order valence-corrected chi connectivity index (χ2v) is 5.12. The molecule has 4 nitrogen and oxygen atoms in total. The van der Waals surface area contributed by atoms with E-state index in [2.05, 4.69) is 0 Å². The first-order valence-corrected chi connectivity index (χ1v) is 5.82. The Bertz CT molecular complexity index is 562. The summed E-state index contributed by atoms with van der Waals surface area (Å²) in [7, 11) is 0. The van der Waals surface area contributed by atoms with Crippen LogP contribution >= 0.6 is 0 Å². The molecule has 0 saturated carbocycles. The summed E-state index contributed by atoms with van der Waals surface area (Å²) in [6.45, 7) is 4.62. The van der Waals surface area contributed by atoms with Crippen LogP contribution in [0.2, 0.25) is 0 Å². The average Bonchev–Trinajstić information content (AvgIpc) is 2.24. The van der Waals surface area contributed by atoms with Gasteiger partial charge in [0.25, 0.3) is 5.78 Å². The molecule has 1 aromatic carbocycles. The fourth-order valence-corrected chi connectivity index (χ4v) is 1.41. The van der Waals surface area contributed by atoms with Crippen LogP contribution in [0.3, 0.4) is 0 Å². The van der Waals surface area contributed by atoms with Gasteiger partial charge in [-0.2, -0.15) is 13.2 Å². The van der Waals surface area contributed by atoms with E-state index in [9.17, 15) is 27.2 Å². The summed E-state index contributed by atoms with van der Waals surface area (Å²) in [5, 5.41) is 1.94. The van der Waals surface area contributed by atoms with E-state index in [0.717, 1.165) is 12.1 Å². The van der Waals surface area contributed by atoms with Crippen LogP contribution in [-0.2, 0) is 4.74 Å². The van der Waals surface area contributed by atoms with Crippen molar-refractivity contribution >= 4 is 17.6 Å². The molecule has 0 spiro atoms. The minimum Gasteiger partial charge on any atom is -0.444 e. The number of Topliss-reactive ketones (excluding diaryl/α,β-unsaturated/α-hetero) is 1. The van der Waals surface area contributed by atoms with E-state index in [1.165, 1.54) is 0 Å². The van der Waals surface area contributed by atoms with Crippen LogP contribution in [0.15, 0.2) is 18.2 Å². The number of hydrogen-bond acceptors (Lipinski definition) is 3. The van der Waals surface area contributed by atoms with E-state index >= 15 is 0 Å². The summed E-state index contributed by atoms with van der Waals surface area (Å²) in [5.74, 6) is -3.77. The van der Waals surface area contributed by atoms with Gasteiger partial charge in [-0.3, -0.25) is 10.1 Å². The first-order valence-electron chi connectivity index (χ1n) is 5.82. The van der Waals surface area contributed by atoms with Crippen LogP contribution in [0.25, 0.3) is 0 Å². The van der Waals surface area contributed by atoms with Gasteiger partial charge in [-0.25, -0.2) is 9.18 Å². The molecule has 1 N–H and O–H groups in total. The van der Waals surface area contributed by atoms with Gasteiger partial charge in [0.1, 0.15) is 11.4 Å². The maximum Gasteiger partial charge on any atom is 0.455 e. The number of hydrogen-bond donors (Lipinski definition) is 1. The fourth-order valence-electron chi connectivity index (χ4n) is 1.41. The highest BCUT2D eigenvalue weighted by Crippen LogP contribution is 2.28. The lowest BCUT2D eigenvalue weighted by Crippen LogP contribution is -2.29. The van der Waals surface area contributed by atoms with Crippen LogP contribution in [-0.4, -0.2) is 23.7 Å². The highest BCUT2D eigenvalue weighted by molar-refractivity contribution is 6.07. The number of rotatable bonds is 2. The largest absolute Gasteiger partial charge is 0.455 e. The second kappa shape index (κ2) is 5.71. The number of nitrogens with one attached hydrogen (secondary N) is 1. The number of anilines is 1. The van der Waals surface area contributed by atoms with Crippen LogP contribution < -0.4 is 5.32 Å². The first kappa shape index (κ1) is 16.9. The molecule has 0 aliphatic heterocycles. The van der Waals surface area contributed by atoms with Crippen molar-refractivity contribution in [2.45, 2.75) is 32.5 Å². The van der Waals surface area contributed by atoms with Gasteiger partial charge in [0.05, 0.1) is 11.3 Å². The van der Waals surface area contributed by atoms with E-state index < -0.39 is 40.7 Å². The molecule has 0 saturated heterocycles. The molecule has 0 unspecified atom stereocenters. The summed E-state index contributed by atoms with van der Waals surface area (Å²) >= 11 is 0. The third kappa shape index (κ3) is 4.73. The van der Waals surface area contributed by atoms with Crippen molar-refractivity contribution in [1.29, 1.82) is 0 Å². The lowest BCUT2D eigenvalue weighted by Gasteiger charge is -2.20. The van der Waals surface area contributed by atoms with Crippen molar-refractivity contribution in [3.05, 3.63) is 29.6 Å². The van der Waals surface area contributed by atoms with Gasteiger partial charge < -0.3 is 4.74 Å². The topological polar surface area (TPSA) is 55.4 Å². The SMILES string of the molecule is CC(C)(C)OC(=O)Nc1cccc(F)c1C(=O)C(F)(F)F. The highest BCUT2D eigenvalue weighted by Gasteiger charge is 2.42.